The SMILES string of the molecule is CCCn1c(SCC(=O)N(Cc2ccccc2)C(C)C)n[nH]c1=O. The third-order valence-electron chi connectivity index (χ3n) is 3.63. The van der Waals surface area contributed by atoms with E-state index < -0.39 is 0 Å². The van der Waals surface area contributed by atoms with Gasteiger partial charge in [-0.2, -0.15) is 0 Å². The van der Waals surface area contributed by atoms with Crippen LogP contribution in [-0.2, 0) is 17.9 Å². The summed E-state index contributed by atoms with van der Waals surface area (Å²) in [4.78, 5) is 26.2. The number of hydrogen-bond donors (Lipinski definition) is 1. The fourth-order valence-electron chi connectivity index (χ4n) is 2.38. The van der Waals surface area contributed by atoms with E-state index in [-0.39, 0.29) is 23.4 Å². The molecule has 2 aromatic rings. The first-order valence-corrected chi connectivity index (χ1v) is 9.12. The van der Waals surface area contributed by atoms with Crippen molar-refractivity contribution in [2.45, 2.75) is 51.5 Å². The van der Waals surface area contributed by atoms with Gasteiger partial charge < -0.3 is 4.90 Å². The molecule has 0 atom stereocenters. The van der Waals surface area contributed by atoms with Gasteiger partial charge in [0, 0.05) is 19.1 Å². The van der Waals surface area contributed by atoms with Crippen molar-refractivity contribution in [3.8, 4) is 0 Å². The predicted molar refractivity (Wildman–Crippen MR) is 96.0 cm³/mol. The van der Waals surface area contributed by atoms with Crippen LogP contribution >= 0.6 is 11.8 Å². The zero-order valence-corrected chi connectivity index (χ0v) is 15.2. The smallest absolute Gasteiger partial charge is 0.335 e. The van der Waals surface area contributed by atoms with E-state index in [0.717, 1.165) is 12.0 Å². The van der Waals surface area contributed by atoms with Crippen LogP contribution in [0.2, 0.25) is 0 Å². The monoisotopic (exact) mass is 348 g/mol. The van der Waals surface area contributed by atoms with Gasteiger partial charge in [0.25, 0.3) is 0 Å². The summed E-state index contributed by atoms with van der Waals surface area (Å²) in [6, 6.07) is 10.0. The molecule has 0 aliphatic heterocycles. The number of aromatic amines is 1. The summed E-state index contributed by atoms with van der Waals surface area (Å²) in [5.41, 5.74) is 0.879. The summed E-state index contributed by atoms with van der Waals surface area (Å²) in [5, 5.41) is 7.03. The average Bonchev–Trinajstić information content (AvgIpc) is 2.92. The van der Waals surface area contributed by atoms with E-state index in [1.54, 1.807) is 4.57 Å². The molecule has 0 fully saturated rings. The van der Waals surface area contributed by atoms with Crippen molar-refractivity contribution < 1.29 is 4.79 Å². The zero-order chi connectivity index (χ0) is 17.5. The topological polar surface area (TPSA) is 71.0 Å². The standard InChI is InChI=1S/C17H24N4O2S/c1-4-10-20-16(23)18-19-17(20)24-12-15(22)21(13(2)3)11-14-8-6-5-7-9-14/h5-9,13H,4,10-12H2,1-3H3,(H,18,23). The third kappa shape index (κ3) is 4.74. The van der Waals surface area contributed by atoms with Gasteiger partial charge in [-0.15, -0.1) is 5.10 Å². The molecule has 1 aromatic carbocycles. The van der Waals surface area contributed by atoms with Crippen LogP contribution in [0.5, 0.6) is 0 Å². The minimum atomic E-state index is -0.225. The Bertz CT molecular complexity index is 709. The summed E-state index contributed by atoms with van der Waals surface area (Å²) in [6.07, 6.45) is 0.840. The van der Waals surface area contributed by atoms with Crippen molar-refractivity contribution in [3.63, 3.8) is 0 Å². The highest BCUT2D eigenvalue weighted by Gasteiger charge is 2.19. The molecule has 1 N–H and O–H groups in total. The number of benzene rings is 1. The molecule has 0 spiro atoms. The maximum atomic E-state index is 12.6. The molecule has 1 aromatic heterocycles. The molecular weight excluding hydrogens is 324 g/mol. The molecule has 1 amide bonds. The highest BCUT2D eigenvalue weighted by Crippen LogP contribution is 2.16. The molecule has 0 radical (unpaired) electrons. The van der Waals surface area contributed by atoms with Gasteiger partial charge in [0.05, 0.1) is 5.75 Å². The Labute approximate surface area is 146 Å². The van der Waals surface area contributed by atoms with Gasteiger partial charge in [-0.05, 0) is 25.8 Å². The highest BCUT2D eigenvalue weighted by molar-refractivity contribution is 7.99. The Morgan fingerprint density at radius 3 is 2.67 bits per heavy atom. The van der Waals surface area contributed by atoms with Crippen LogP contribution in [0.1, 0.15) is 32.8 Å². The number of carbonyl (C=O) groups excluding carboxylic acids is 1. The first-order valence-electron chi connectivity index (χ1n) is 8.14. The van der Waals surface area contributed by atoms with Crippen molar-refractivity contribution in [1.29, 1.82) is 0 Å². The maximum absolute atomic E-state index is 12.6. The summed E-state index contributed by atoms with van der Waals surface area (Å²) < 4.78 is 1.58. The molecule has 0 unspecified atom stereocenters. The second kappa shape index (κ2) is 8.73. The van der Waals surface area contributed by atoms with Crippen LogP contribution in [0.25, 0.3) is 0 Å². The minimum absolute atomic E-state index is 0.0392. The summed E-state index contributed by atoms with van der Waals surface area (Å²) in [5.74, 6) is 0.302. The molecule has 1 heterocycles. The lowest BCUT2D eigenvalue weighted by atomic mass is 10.2. The maximum Gasteiger partial charge on any atom is 0.343 e. The van der Waals surface area contributed by atoms with Crippen molar-refractivity contribution in [1.82, 2.24) is 19.7 Å². The van der Waals surface area contributed by atoms with Crippen LogP contribution in [0.15, 0.2) is 40.3 Å². The number of rotatable bonds is 8. The molecule has 0 saturated carbocycles. The number of nitrogens with zero attached hydrogens (tertiary/aromatic N) is 3. The number of H-pyrrole nitrogens is 1. The number of carbonyl (C=O) groups is 1. The van der Waals surface area contributed by atoms with Gasteiger partial charge in [0.1, 0.15) is 0 Å². The molecule has 130 valence electrons. The lowest BCUT2D eigenvalue weighted by Crippen LogP contribution is -2.37. The fourth-order valence-corrected chi connectivity index (χ4v) is 3.24. The van der Waals surface area contributed by atoms with Gasteiger partial charge in [0.2, 0.25) is 5.91 Å². The fraction of sp³-hybridized carbons (Fsp3) is 0.471. The second-order valence-electron chi connectivity index (χ2n) is 5.85. The Morgan fingerprint density at radius 1 is 1.33 bits per heavy atom. The van der Waals surface area contributed by atoms with E-state index in [9.17, 15) is 9.59 Å². The predicted octanol–water partition coefficient (Wildman–Crippen LogP) is 2.51. The summed E-state index contributed by atoms with van der Waals surface area (Å²) >= 11 is 1.30. The molecule has 7 heteroatoms. The van der Waals surface area contributed by atoms with E-state index in [2.05, 4.69) is 10.2 Å². The van der Waals surface area contributed by atoms with Crippen LogP contribution in [0.4, 0.5) is 0 Å². The van der Waals surface area contributed by atoms with Crippen LogP contribution in [-0.4, -0.2) is 37.4 Å². The Hall–Kier alpha value is -2.02. The minimum Gasteiger partial charge on any atom is -0.335 e. The quantitative estimate of drug-likeness (QED) is 0.744. The lowest BCUT2D eigenvalue weighted by molar-refractivity contribution is -0.130. The van der Waals surface area contributed by atoms with Crippen LogP contribution in [0.3, 0.4) is 0 Å². The normalized spacial score (nSPS) is 11.0. The van der Waals surface area contributed by atoms with E-state index in [0.29, 0.717) is 18.2 Å². The first kappa shape index (κ1) is 18.3. The molecule has 2 rings (SSSR count). The third-order valence-corrected chi connectivity index (χ3v) is 4.60. The van der Waals surface area contributed by atoms with E-state index in [1.807, 2.05) is 56.0 Å². The van der Waals surface area contributed by atoms with Gasteiger partial charge in [-0.3, -0.25) is 9.36 Å². The largest absolute Gasteiger partial charge is 0.343 e. The Kier molecular flexibility index (Phi) is 6.66. The Morgan fingerprint density at radius 2 is 2.04 bits per heavy atom. The van der Waals surface area contributed by atoms with Gasteiger partial charge in [-0.25, -0.2) is 9.89 Å². The molecule has 24 heavy (non-hydrogen) atoms. The number of aromatic nitrogens is 3. The molecule has 0 aliphatic carbocycles. The van der Waals surface area contributed by atoms with Crippen LogP contribution < -0.4 is 5.69 Å². The van der Waals surface area contributed by atoms with Crippen molar-refractivity contribution >= 4 is 17.7 Å². The summed E-state index contributed by atoms with van der Waals surface area (Å²) in [6.45, 7) is 7.20. The van der Waals surface area contributed by atoms with Crippen molar-refractivity contribution in [2.75, 3.05) is 5.75 Å². The van der Waals surface area contributed by atoms with Gasteiger partial charge >= 0.3 is 5.69 Å². The van der Waals surface area contributed by atoms with E-state index in [1.165, 1.54) is 11.8 Å². The molecular formula is C17H24N4O2S. The van der Waals surface area contributed by atoms with Gasteiger partial charge in [-0.1, -0.05) is 49.0 Å². The van der Waals surface area contributed by atoms with Crippen LogP contribution in [0, 0.1) is 0 Å². The first-order chi connectivity index (χ1) is 11.5. The average molecular weight is 348 g/mol. The van der Waals surface area contributed by atoms with E-state index >= 15 is 0 Å². The number of nitrogens with one attached hydrogen (secondary N) is 1. The van der Waals surface area contributed by atoms with E-state index in [4.69, 9.17) is 0 Å². The van der Waals surface area contributed by atoms with Gasteiger partial charge in [0.15, 0.2) is 5.16 Å². The number of hydrogen-bond acceptors (Lipinski definition) is 4. The molecule has 0 saturated heterocycles. The lowest BCUT2D eigenvalue weighted by Gasteiger charge is -2.26. The zero-order valence-electron chi connectivity index (χ0n) is 14.4. The summed E-state index contributed by atoms with van der Waals surface area (Å²) in [7, 11) is 0. The molecule has 0 bridgehead atoms. The van der Waals surface area contributed by atoms with Crippen molar-refractivity contribution in [3.05, 3.63) is 46.4 Å². The Balaban J connectivity index is 2.02. The molecule has 0 aliphatic rings. The number of amides is 1. The number of thioether (sulfide) groups is 1. The van der Waals surface area contributed by atoms with Crippen molar-refractivity contribution in [2.24, 2.45) is 0 Å². The second-order valence-corrected chi connectivity index (χ2v) is 6.80. The highest BCUT2D eigenvalue weighted by atomic mass is 32.2. The molecule has 6 nitrogen and oxygen atoms in total.